The molecule has 2 heterocycles. The van der Waals surface area contributed by atoms with Gasteiger partial charge in [-0.25, -0.2) is 4.79 Å². The van der Waals surface area contributed by atoms with Crippen LogP contribution >= 0.6 is 0 Å². The van der Waals surface area contributed by atoms with Crippen molar-refractivity contribution in [3.8, 4) is 0 Å². The van der Waals surface area contributed by atoms with Crippen molar-refractivity contribution in [3.05, 3.63) is 71.9 Å². The number of aromatic amines is 1. The second-order valence-electron chi connectivity index (χ2n) is 7.39. The Labute approximate surface area is 174 Å². The first-order valence-electron chi connectivity index (χ1n) is 10.1. The normalized spacial score (nSPS) is 16.1. The summed E-state index contributed by atoms with van der Waals surface area (Å²) in [6, 6.07) is 16.4. The molecule has 7 nitrogen and oxygen atoms in total. The van der Waals surface area contributed by atoms with Gasteiger partial charge in [-0.2, -0.15) is 0 Å². The molecule has 4 amide bonds. The summed E-state index contributed by atoms with van der Waals surface area (Å²) >= 11 is 0. The number of para-hydroxylation sites is 1. The Balaban J connectivity index is 1.25. The summed E-state index contributed by atoms with van der Waals surface area (Å²) in [4.78, 5) is 41.4. The van der Waals surface area contributed by atoms with Crippen LogP contribution in [0.3, 0.4) is 0 Å². The lowest BCUT2D eigenvalue weighted by Gasteiger charge is -2.13. The van der Waals surface area contributed by atoms with Crippen LogP contribution in [0.4, 0.5) is 4.79 Å². The molecule has 1 aliphatic heterocycles. The molecule has 2 aromatic carbocycles. The van der Waals surface area contributed by atoms with E-state index in [4.69, 9.17) is 0 Å². The van der Waals surface area contributed by atoms with Gasteiger partial charge < -0.3 is 15.6 Å². The van der Waals surface area contributed by atoms with Gasteiger partial charge in [0.1, 0.15) is 6.04 Å². The lowest BCUT2D eigenvalue weighted by molar-refractivity contribution is -0.130. The molecule has 1 saturated heterocycles. The second-order valence-corrected chi connectivity index (χ2v) is 7.39. The minimum Gasteiger partial charge on any atom is -0.361 e. The first kappa shape index (κ1) is 19.7. The number of hydrogen-bond acceptors (Lipinski definition) is 3. The third-order valence-electron chi connectivity index (χ3n) is 5.35. The molecule has 154 valence electrons. The van der Waals surface area contributed by atoms with Crippen LogP contribution in [0, 0.1) is 0 Å². The van der Waals surface area contributed by atoms with Gasteiger partial charge in [-0.05, 0) is 30.0 Å². The van der Waals surface area contributed by atoms with Crippen molar-refractivity contribution < 1.29 is 14.4 Å². The number of rotatable bonds is 8. The molecule has 1 atom stereocenters. The average Bonchev–Trinajstić information content (AvgIpc) is 3.28. The van der Waals surface area contributed by atoms with Gasteiger partial charge >= 0.3 is 6.03 Å². The van der Waals surface area contributed by atoms with Gasteiger partial charge in [0.2, 0.25) is 5.91 Å². The fraction of sp³-hybridized carbons (Fsp3) is 0.261. The lowest BCUT2D eigenvalue weighted by Crippen LogP contribution is -2.37. The predicted molar refractivity (Wildman–Crippen MR) is 114 cm³/mol. The van der Waals surface area contributed by atoms with Crippen LogP contribution in [0.15, 0.2) is 60.8 Å². The Kier molecular flexibility index (Phi) is 5.79. The van der Waals surface area contributed by atoms with Crippen molar-refractivity contribution in [2.75, 3.05) is 13.1 Å². The number of carbonyl (C=O) groups excluding carboxylic acids is 3. The Hall–Kier alpha value is -3.61. The van der Waals surface area contributed by atoms with Crippen LogP contribution in [0.5, 0.6) is 0 Å². The average molecular weight is 404 g/mol. The van der Waals surface area contributed by atoms with Gasteiger partial charge in [-0.15, -0.1) is 0 Å². The maximum Gasteiger partial charge on any atom is 0.324 e. The SMILES string of the molecule is O=C(C[C@H]1NC(=O)N(CCc2ccccc2)C1=O)NCCc1c[nH]c2ccccc12. The third kappa shape index (κ3) is 4.35. The number of H-pyrrole nitrogens is 1. The van der Waals surface area contributed by atoms with Crippen LogP contribution in [-0.2, 0) is 22.4 Å². The summed E-state index contributed by atoms with van der Waals surface area (Å²) in [5.41, 5.74) is 3.24. The molecule has 0 radical (unpaired) electrons. The van der Waals surface area contributed by atoms with E-state index < -0.39 is 12.1 Å². The van der Waals surface area contributed by atoms with Crippen molar-refractivity contribution in [3.63, 3.8) is 0 Å². The number of hydrogen-bond donors (Lipinski definition) is 3. The van der Waals surface area contributed by atoms with Crippen LogP contribution in [-0.4, -0.2) is 46.9 Å². The summed E-state index contributed by atoms with van der Waals surface area (Å²) in [5.74, 6) is -0.596. The van der Waals surface area contributed by atoms with Crippen molar-refractivity contribution in [2.45, 2.75) is 25.3 Å². The van der Waals surface area contributed by atoms with E-state index in [1.165, 1.54) is 4.90 Å². The van der Waals surface area contributed by atoms with Gasteiger partial charge in [0.05, 0.1) is 6.42 Å². The van der Waals surface area contributed by atoms with E-state index in [0.717, 1.165) is 22.0 Å². The molecule has 7 heteroatoms. The number of carbonyl (C=O) groups is 3. The molecule has 0 bridgehead atoms. The molecule has 0 spiro atoms. The standard InChI is InChI=1S/C23H24N4O3/c28-21(24-12-10-17-15-25-19-9-5-4-8-18(17)19)14-20-22(29)27(23(30)26-20)13-11-16-6-2-1-3-7-16/h1-9,15,20,25H,10-14H2,(H,24,28)(H,26,30)/t20-/m1/s1. The molecule has 3 N–H and O–H groups in total. The van der Waals surface area contributed by atoms with Crippen molar-refractivity contribution in [1.82, 2.24) is 20.5 Å². The highest BCUT2D eigenvalue weighted by molar-refractivity contribution is 6.05. The highest BCUT2D eigenvalue weighted by Gasteiger charge is 2.38. The van der Waals surface area contributed by atoms with Gasteiger partial charge in [-0.1, -0.05) is 48.5 Å². The topological polar surface area (TPSA) is 94.3 Å². The Morgan fingerprint density at radius 2 is 1.77 bits per heavy atom. The molecule has 0 aliphatic carbocycles. The zero-order valence-electron chi connectivity index (χ0n) is 16.6. The van der Waals surface area contributed by atoms with E-state index in [0.29, 0.717) is 25.9 Å². The van der Waals surface area contributed by atoms with E-state index in [-0.39, 0.29) is 18.2 Å². The van der Waals surface area contributed by atoms with Crippen LogP contribution in [0.1, 0.15) is 17.5 Å². The van der Waals surface area contributed by atoms with E-state index in [2.05, 4.69) is 15.6 Å². The molecule has 1 aromatic heterocycles. The van der Waals surface area contributed by atoms with E-state index >= 15 is 0 Å². The summed E-state index contributed by atoms with van der Waals surface area (Å²) in [5, 5.41) is 6.60. The molecular formula is C23H24N4O3. The highest BCUT2D eigenvalue weighted by Crippen LogP contribution is 2.17. The third-order valence-corrected chi connectivity index (χ3v) is 5.35. The number of nitrogens with one attached hydrogen (secondary N) is 3. The highest BCUT2D eigenvalue weighted by atomic mass is 16.2. The molecule has 1 aliphatic rings. The number of imide groups is 1. The molecule has 1 fully saturated rings. The zero-order chi connectivity index (χ0) is 20.9. The fourth-order valence-corrected chi connectivity index (χ4v) is 3.75. The number of fused-ring (bicyclic) bond motifs is 1. The number of amides is 4. The number of nitrogens with zero attached hydrogens (tertiary/aromatic N) is 1. The van der Waals surface area contributed by atoms with Crippen molar-refractivity contribution in [1.29, 1.82) is 0 Å². The minimum absolute atomic E-state index is 0.0553. The van der Waals surface area contributed by atoms with Gasteiger partial charge in [0, 0.05) is 30.2 Å². The number of aromatic nitrogens is 1. The Morgan fingerprint density at radius 3 is 2.60 bits per heavy atom. The Morgan fingerprint density at radius 1 is 1.00 bits per heavy atom. The lowest BCUT2D eigenvalue weighted by atomic mass is 10.1. The van der Waals surface area contributed by atoms with Gasteiger partial charge in [0.25, 0.3) is 5.91 Å². The quantitative estimate of drug-likeness (QED) is 0.503. The molecule has 4 rings (SSSR count). The predicted octanol–water partition coefficient (Wildman–Crippen LogP) is 2.38. The smallest absolute Gasteiger partial charge is 0.324 e. The van der Waals surface area contributed by atoms with E-state index in [9.17, 15) is 14.4 Å². The molecule has 3 aromatic rings. The van der Waals surface area contributed by atoms with E-state index in [1.54, 1.807) is 0 Å². The van der Waals surface area contributed by atoms with Crippen LogP contribution in [0.2, 0.25) is 0 Å². The summed E-state index contributed by atoms with van der Waals surface area (Å²) in [6.07, 6.45) is 3.16. The first-order valence-corrected chi connectivity index (χ1v) is 10.1. The molecule has 0 saturated carbocycles. The zero-order valence-corrected chi connectivity index (χ0v) is 16.6. The summed E-state index contributed by atoms with van der Waals surface area (Å²) in [7, 11) is 0. The van der Waals surface area contributed by atoms with Crippen LogP contribution < -0.4 is 10.6 Å². The van der Waals surface area contributed by atoms with Gasteiger partial charge in [-0.3, -0.25) is 14.5 Å². The van der Waals surface area contributed by atoms with Crippen LogP contribution in [0.25, 0.3) is 10.9 Å². The Bertz CT molecular complexity index is 1060. The summed E-state index contributed by atoms with van der Waals surface area (Å²) in [6.45, 7) is 0.765. The minimum atomic E-state index is -0.804. The monoisotopic (exact) mass is 404 g/mol. The van der Waals surface area contributed by atoms with Crippen molar-refractivity contribution >= 4 is 28.7 Å². The maximum atomic E-state index is 12.5. The largest absolute Gasteiger partial charge is 0.361 e. The van der Waals surface area contributed by atoms with Gasteiger partial charge in [0.15, 0.2) is 0 Å². The molecular weight excluding hydrogens is 380 g/mol. The van der Waals surface area contributed by atoms with E-state index in [1.807, 2.05) is 60.8 Å². The number of benzene rings is 2. The second kappa shape index (κ2) is 8.82. The molecule has 0 unspecified atom stereocenters. The fourth-order valence-electron chi connectivity index (χ4n) is 3.75. The first-order chi connectivity index (χ1) is 14.6. The van der Waals surface area contributed by atoms with Crippen molar-refractivity contribution in [2.24, 2.45) is 0 Å². The summed E-state index contributed by atoms with van der Waals surface area (Å²) < 4.78 is 0. The number of urea groups is 1. The molecule has 30 heavy (non-hydrogen) atoms. The maximum absolute atomic E-state index is 12.5.